The topological polar surface area (TPSA) is 72.3 Å². The van der Waals surface area contributed by atoms with E-state index in [2.05, 4.69) is 10.3 Å². The molecule has 2 aromatic heterocycles. The van der Waals surface area contributed by atoms with Crippen molar-refractivity contribution in [3.05, 3.63) is 59.9 Å². The van der Waals surface area contributed by atoms with Crippen molar-refractivity contribution in [3.63, 3.8) is 0 Å². The first-order valence-corrected chi connectivity index (χ1v) is 10.9. The van der Waals surface area contributed by atoms with E-state index in [-0.39, 0.29) is 12.8 Å². The minimum Gasteiger partial charge on any atom is -0.465 e. The maximum atomic E-state index is 13.5. The van der Waals surface area contributed by atoms with Crippen LogP contribution in [0.1, 0.15) is 28.8 Å². The van der Waals surface area contributed by atoms with E-state index in [1.54, 1.807) is 12.3 Å². The number of pyridine rings is 1. The van der Waals surface area contributed by atoms with Crippen LogP contribution in [0.4, 0.5) is 20.3 Å². The Kier molecular flexibility index (Phi) is 6.69. The lowest BCUT2D eigenvalue weighted by molar-refractivity contribution is -0.0555. The van der Waals surface area contributed by atoms with Gasteiger partial charge in [-0.2, -0.15) is 5.10 Å². The zero-order chi connectivity index (χ0) is 23.4. The number of alkyl halides is 2. The number of anilines is 2. The lowest BCUT2D eigenvalue weighted by atomic mass is 10.1. The van der Waals surface area contributed by atoms with Crippen LogP contribution in [0.3, 0.4) is 0 Å². The van der Waals surface area contributed by atoms with Gasteiger partial charge in [0.05, 0.1) is 36.8 Å². The standard InChI is InChI=1S/C24H27F2N5O2/c1-17-21(18-6-4-3-5-7-18)29-31(15-14-30-12-9-24(25,26)10-13-30)22(17)28-20-16-27-11-8-19(20)23(32)33-2/h3-8,11,16,28H,9-10,12-15H2,1-2H3. The van der Waals surface area contributed by atoms with Crippen LogP contribution in [0.15, 0.2) is 48.8 Å². The number of carbonyl (C=O) groups is 1. The van der Waals surface area contributed by atoms with E-state index < -0.39 is 11.9 Å². The average Bonchev–Trinajstić information content (AvgIpc) is 3.14. The molecule has 3 aromatic rings. The van der Waals surface area contributed by atoms with E-state index in [0.717, 1.165) is 16.8 Å². The molecule has 0 spiro atoms. The number of esters is 1. The predicted molar refractivity (Wildman–Crippen MR) is 122 cm³/mol. The van der Waals surface area contributed by atoms with Gasteiger partial charge in [0.25, 0.3) is 5.92 Å². The molecule has 1 aliphatic rings. The molecule has 1 aliphatic heterocycles. The van der Waals surface area contributed by atoms with Crippen molar-refractivity contribution in [2.45, 2.75) is 32.2 Å². The SMILES string of the molecule is COC(=O)c1ccncc1Nc1c(C)c(-c2ccccc2)nn1CCN1CCC(F)(F)CC1. The molecular formula is C24H27F2N5O2. The summed E-state index contributed by atoms with van der Waals surface area (Å²) >= 11 is 0. The van der Waals surface area contributed by atoms with Crippen LogP contribution < -0.4 is 5.32 Å². The zero-order valence-electron chi connectivity index (χ0n) is 18.7. The Morgan fingerprint density at radius 3 is 2.58 bits per heavy atom. The summed E-state index contributed by atoms with van der Waals surface area (Å²) in [7, 11) is 1.33. The zero-order valence-corrected chi connectivity index (χ0v) is 18.7. The molecule has 9 heteroatoms. The molecule has 33 heavy (non-hydrogen) atoms. The highest BCUT2D eigenvalue weighted by Crippen LogP contribution is 2.32. The number of carbonyl (C=O) groups excluding carboxylic acids is 1. The molecule has 0 unspecified atom stereocenters. The lowest BCUT2D eigenvalue weighted by Gasteiger charge is -2.31. The van der Waals surface area contributed by atoms with Gasteiger partial charge in [0, 0.05) is 49.8 Å². The number of benzene rings is 1. The van der Waals surface area contributed by atoms with E-state index in [1.165, 1.54) is 13.3 Å². The molecule has 3 heterocycles. The Morgan fingerprint density at radius 1 is 1.15 bits per heavy atom. The molecule has 0 radical (unpaired) electrons. The summed E-state index contributed by atoms with van der Waals surface area (Å²) in [6.45, 7) is 3.78. The van der Waals surface area contributed by atoms with Crippen LogP contribution in [0, 0.1) is 6.92 Å². The molecular weight excluding hydrogens is 428 g/mol. The fraction of sp³-hybridized carbons (Fsp3) is 0.375. The number of aromatic nitrogens is 3. The van der Waals surface area contributed by atoms with Gasteiger partial charge in [-0.3, -0.25) is 4.98 Å². The third-order valence-corrected chi connectivity index (χ3v) is 5.93. The van der Waals surface area contributed by atoms with Gasteiger partial charge >= 0.3 is 5.97 Å². The van der Waals surface area contributed by atoms with Gasteiger partial charge in [-0.05, 0) is 13.0 Å². The van der Waals surface area contributed by atoms with Crippen molar-refractivity contribution in [1.29, 1.82) is 0 Å². The van der Waals surface area contributed by atoms with Gasteiger partial charge in [-0.25, -0.2) is 18.3 Å². The van der Waals surface area contributed by atoms with Gasteiger partial charge in [0.15, 0.2) is 0 Å². The molecule has 174 valence electrons. The first-order valence-electron chi connectivity index (χ1n) is 10.9. The van der Waals surface area contributed by atoms with Crippen molar-refractivity contribution >= 4 is 17.5 Å². The molecule has 1 saturated heterocycles. The van der Waals surface area contributed by atoms with Crippen molar-refractivity contribution in [3.8, 4) is 11.3 Å². The number of nitrogens with zero attached hydrogens (tertiary/aromatic N) is 4. The highest BCUT2D eigenvalue weighted by molar-refractivity contribution is 5.96. The number of likely N-dealkylation sites (tertiary alicyclic amines) is 1. The van der Waals surface area contributed by atoms with Crippen molar-refractivity contribution < 1.29 is 18.3 Å². The first-order chi connectivity index (χ1) is 15.9. The molecule has 0 aliphatic carbocycles. The molecule has 1 N–H and O–H groups in total. The average molecular weight is 456 g/mol. The minimum atomic E-state index is -2.57. The maximum absolute atomic E-state index is 13.5. The summed E-state index contributed by atoms with van der Waals surface area (Å²) in [4.78, 5) is 18.4. The summed E-state index contributed by atoms with van der Waals surface area (Å²) in [6.07, 6.45) is 2.86. The summed E-state index contributed by atoms with van der Waals surface area (Å²) in [5.74, 6) is -2.33. The molecule has 4 rings (SSSR count). The Balaban J connectivity index is 1.64. The van der Waals surface area contributed by atoms with E-state index >= 15 is 0 Å². The summed E-state index contributed by atoms with van der Waals surface area (Å²) < 4.78 is 33.8. The number of rotatable bonds is 7. The molecule has 0 atom stereocenters. The van der Waals surface area contributed by atoms with Crippen LogP contribution in [0.2, 0.25) is 0 Å². The minimum absolute atomic E-state index is 0.121. The van der Waals surface area contributed by atoms with Crippen molar-refractivity contribution in [1.82, 2.24) is 19.7 Å². The van der Waals surface area contributed by atoms with E-state index in [0.29, 0.717) is 43.2 Å². The maximum Gasteiger partial charge on any atom is 0.340 e. The Hall–Kier alpha value is -3.33. The summed E-state index contributed by atoms with van der Waals surface area (Å²) in [5, 5.41) is 8.14. The quantitative estimate of drug-likeness (QED) is 0.529. The summed E-state index contributed by atoms with van der Waals surface area (Å²) in [5.41, 5.74) is 3.55. The number of ether oxygens (including phenoxy) is 1. The second kappa shape index (κ2) is 9.66. The van der Waals surface area contributed by atoms with Crippen LogP contribution >= 0.6 is 0 Å². The summed E-state index contributed by atoms with van der Waals surface area (Å²) in [6, 6.07) is 11.4. The van der Waals surface area contributed by atoms with Crippen LogP contribution in [-0.4, -0.2) is 58.3 Å². The van der Waals surface area contributed by atoms with Gasteiger partial charge < -0.3 is 15.0 Å². The molecule has 0 amide bonds. The molecule has 1 fully saturated rings. The third kappa shape index (κ3) is 5.19. The number of piperidine rings is 1. The third-order valence-electron chi connectivity index (χ3n) is 5.93. The van der Waals surface area contributed by atoms with Crippen molar-refractivity contribution in [2.24, 2.45) is 0 Å². The van der Waals surface area contributed by atoms with Crippen LogP contribution in [-0.2, 0) is 11.3 Å². The van der Waals surface area contributed by atoms with Crippen molar-refractivity contribution in [2.75, 3.05) is 32.1 Å². The normalized spacial score (nSPS) is 15.9. The second-order valence-corrected chi connectivity index (χ2v) is 8.15. The number of methoxy groups -OCH3 is 1. The number of hydrogen-bond donors (Lipinski definition) is 1. The monoisotopic (exact) mass is 455 g/mol. The first kappa shape index (κ1) is 22.8. The largest absolute Gasteiger partial charge is 0.465 e. The lowest BCUT2D eigenvalue weighted by Crippen LogP contribution is -2.40. The van der Waals surface area contributed by atoms with Gasteiger partial charge in [0.1, 0.15) is 5.82 Å². The van der Waals surface area contributed by atoms with E-state index in [9.17, 15) is 13.6 Å². The molecule has 0 bridgehead atoms. The highest BCUT2D eigenvalue weighted by Gasteiger charge is 2.33. The smallest absolute Gasteiger partial charge is 0.340 e. The highest BCUT2D eigenvalue weighted by atomic mass is 19.3. The fourth-order valence-corrected chi connectivity index (χ4v) is 3.99. The van der Waals surface area contributed by atoms with Crippen LogP contribution in [0.25, 0.3) is 11.3 Å². The second-order valence-electron chi connectivity index (χ2n) is 8.15. The Labute approximate surface area is 191 Å². The van der Waals surface area contributed by atoms with Gasteiger partial charge in [-0.15, -0.1) is 0 Å². The number of nitrogens with one attached hydrogen (secondary N) is 1. The van der Waals surface area contributed by atoms with E-state index in [1.807, 2.05) is 46.8 Å². The van der Waals surface area contributed by atoms with Crippen LogP contribution in [0.5, 0.6) is 0 Å². The molecule has 7 nitrogen and oxygen atoms in total. The fourth-order valence-electron chi connectivity index (χ4n) is 3.99. The predicted octanol–water partition coefficient (Wildman–Crippen LogP) is 4.51. The Morgan fingerprint density at radius 2 is 1.88 bits per heavy atom. The van der Waals surface area contributed by atoms with Gasteiger partial charge in [0.2, 0.25) is 0 Å². The molecule has 1 aromatic carbocycles. The number of hydrogen-bond acceptors (Lipinski definition) is 6. The van der Waals surface area contributed by atoms with Gasteiger partial charge in [-0.1, -0.05) is 30.3 Å². The Bertz CT molecular complexity index is 1110. The van der Waals surface area contributed by atoms with E-state index in [4.69, 9.17) is 9.84 Å². The molecule has 0 saturated carbocycles. The number of halogens is 2.